The molecular formula is C11H12ClNS. The van der Waals surface area contributed by atoms with Gasteiger partial charge in [0.05, 0.1) is 9.72 Å². The molecular weight excluding hydrogens is 214 g/mol. The molecule has 0 radical (unpaired) electrons. The Balaban J connectivity index is 2.42. The summed E-state index contributed by atoms with van der Waals surface area (Å²) in [7, 11) is 0. The molecule has 0 saturated heterocycles. The Morgan fingerprint density at radius 2 is 2.29 bits per heavy atom. The SMILES string of the molecule is CCNCc1csc2c(Cl)cccc12. The van der Waals surface area contributed by atoms with E-state index in [1.54, 1.807) is 11.3 Å². The highest BCUT2D eigenvalue weighted by Crippen LogP contribution is 2.31. The van der Waals surface area contributed by atoms with Crippen molar-refractivity contribution >= 4 is 33.0 Å². The second-order valence-corrected chi connectivity index (χ2v) is 4.44. The average Bonchev–Trinajstić information content (AvgIpc) is 2.60. The highest BCUT2D eigenvalue weighted by Gasteiger charge is 2.05. The number of benzene rings is 1. The van der Waals surface area contributed by atoms with Crippen LogP contribution in [0, 0.1) is 0 Å². The van der Waals surface area contributed by atoms with E-state index in [2.05, 4.69) is 23.7 Å². The van der Waals surface area contributed by atoms with Gasteiger partial charge in [0, 0.05) is 6.54 Å². The molecule has 74 valence electrons. The Hall–Kier alpha value is -0.570. The zero-order valence-corrected chi connectivity index (χ0v) is 9.58. The van der Waals surface area contributed by atoms with Gasteiger partial charge in [-0.25, -0.2) is 0 Å². The van der Waals surface area contributed by atoms with Crippen LogP contribution in [0.2, 0.25) is 5.02 Å². The van der Waals surface area contributed by atoms with E-state index in [1.807, 2.05) is 12.1 Å². The summed E-state index contributed by atoms with van der Waals surface area (Å²) in [5, 5.41) is 7.64. The molecule has 2 aromatic rings. The van der Waals surface area contributed by atoms with E-state index < -0.39 is 0 Å². The lowest BCUT2D eigenvalue weighted by molar-refractivity contribution is 0.732. The zero-order chi connectivity index (χ0) is 9.97. The first kappa shape index (κ1) is 9.97. The normalized spacial score (nSPS) is 11.0. The molecule has 0 amide bonds. The van der Waals surface area contributed by atoms with Crippen LogP contribution in [-0.4, -0.2) is 6.54 Å². The fraction of sp³-hybridized carbons (Fsp3) is 0.273. The summed E-state index contributed by atoms with van der Waals surface area (Å²) < 4.78 is 1.20. The lowest BCUT2D eigenvalue weighted by atomic mass is 10.2. The van der Waals surface area contributed by atoms with E-state index in [0.29, 0.717) is 0 Å². The number of halogens is 1. The van der Waals surface area contributed by atoms with Gasteiger partial charge in [-0.1, -0.05) is 30.7 Å². The smallest absolute Gasteiger partial charge is 0.0584 e. The van der Waals surface area contributed by atoms with Crippen molar-refractivity contribution in [1.29, 1.82) is 0 Å². The van der Waals surface area contributed by atoms with Crippen LogP contribution >= 0.6 is 22.9 Å². The Morgan fingerprint density at radius 3 is 3.07 bits per heavy atom. The molecule has 0 atom stereocenters. The third kappa shape index (κ3) is 1.78. The summed E-state index contributed by atoms with van der Waals surface area (Å²) in [4.78, 5) is 0. The van der Waals surface area contributed by atoms with Gasteiger partial charge in [0.25, 0.3) is 0 Å². The second kappa shape index (κ2) is 4.30. The Bertz CT molecular complexity index is 436. The van der Waals surface area contributed by atoms with Crippen LogP contribution in [0.5, 0.6) is 0 Å². The first-order chi connectivity index (χ1) is 6.83. The first-order valence-electron chi connectivity index (χ1n) is 4.68. The monoisotopic (exact) mass is 225 g/mol. The summed E-state index contributed by atoms with van der Waals surface area (Å²) in [6.07, 6.45) is 0. The van der Waals surface area contributed by atoms with Gasteiger partial charge in [0.15, 0.2) is 0 Å². The van der Waals surface area contributed by atoms with Crippen molar-refractivity contribution in [2.75, 3.05) is 6.54 Å². The number of rotatable bonds is 3. The molecule has 1 aromatic carbocycles. The standard InChI is InChI=1S/C11H12ClNS/c1-2-13-6-8-7-14-11-9(8)4-3-5-10(11)12/h3-5,7,13H,2,6H2,1H3. The molecule has 0 aliphatic heterocycles. The molecule has 0 bridgehead atoms. The van der Waals surface area contributed by atoms with Crippen molar-refractivity contribution in [2.45, 2.75) is 13.5 Å². The number of hydrogen-bond donors (Lipinski definition) is 1. The largest absolute Gasteiger partial charge is 0.313 e. The molecule has 1 N–H and O–H groups in total. The maximum absolute atomic E-state index is 6.09. The van der Waals surface area contributed by atoms with E-state index >= 15 is 0 Å². The molecule has 1 aromatic heterocycles. The fourth-order valence-electron chi connectivity index (χ4n) is 1.47. The highest BCUT2D eigenvalue weighted by atomic mass is 35.5. The summed E-state index contributed by atoms with van der Waals surface area (Å²) >= 11 is 7.81. The van der Waals surface area contributed by atoms with Crippen LogP contribution in [0.1, 0.15) is 12.5 Å². The molecule has 0 unspecified atom stereocenters. The predicted octanol–water partition coefficient (Wildman–Crippen LogP) is 3.66. The van der Waals surface area contributed by atoms with Crippen LogP contribution in [0.25, 0.3) is 10.1 Å². The van der Waals surface area contributed by atoms with E-state index in [9.17, 15) is 0 Å². The third-order valence-corrected chi connectivity index (χ3v) is 3.70. The third-order valence-electron chi connectivity index (χ3n) is 2.20. The van der Waals surface area contributed by atoms with Gasteiger partial charge in [-0.05, 0) is 28.9 Å². The van der Waals surface area contributed by atoms with E-state index in [1.165, 1.54) is 15.6 Å². The van der Waals surface area contributed by atoms with Crippen molar-refractivity contribution < 1.29 is 0 Å². The lowest BCUT2D eigenvalue weighted by Crippen LogP contribution is -2.11. The maximum atomic E-state index is 6.09. The Kier molecular flexibility index (Phi) is 3.06. The van der Waals surface area contributed by atoms with E-state index in [-0.39, 0.29) is 0 Å². The summed E-state index contributed by atoms with van der Waals surface area (Å²) in [5.41, 5.74) is 1.34. The Labute approximate surface area is 92.7 Å². The van der Waals surface area contributed by atoms with Crippen molar-refractivity contribution in [2.24, 2.45) is 0 Å². The van der Waals surface area contributed by atoms with Gasteiger partial charge in [-0.2, -0.15) is 0 Å². The molecule has 0 aliphatic carbocycles. The minimum Gasteiger partial charge on any atom is -0.313 e. The van der Waals surface area contributed by atoms with Gasteiger partial charge in [0.2, 0.25) is 0 Å². The molecule has 0 spiro atoms. The number of hydrogen-bond acceptors (Lipinski definition) is 2. The molecule has 1 heterocycles. The van der Waals surface area contributed by atoms with Crippen molar-refractivity contribution in [3.8, 4) is 0 Å². The minimum absolute atomic E-state index is 0.857. The minimum atomic E-state index is 0.857. The average molecular weight is 226 g/mol. The maximum Gasteiger partial charge on any atom is 0.0584 e. The van der Waals surface area contributed by atoms with Gasteiger partial charge in [-0.15, -0.1) is 11.3 Å². The Morgan fingerprint density at radius 1 is 1.43 bits per heavy atom. The molecule has 0 aliphatic rings. The van der Waals surface area contributed by atoms with Gasteiger partial charge in [-0.3, -0.25) is 0 Å². The predicted molar refractivity (Wildman–Crippen MR) is 64.2 cm³/mol. The molecule has 0 fully saturated rings. The first-order valence-corrected chi connectivity index (χ1v) is 5.94. The quantitative estimate of drug-likeness (QED) is 0.841. The van der Waals surface area contributed by atoms with Crippen LogP contribution in [0.4, 0.5) is 0 Å². The molecule has 14 heavy (non-hydrogen) atoms. The van der Waals surface area contributed by atoms with Gasteiger partial charge >= 0.3 is 0 Å². The van der Waals surface area contributed by atoms with Crippen LogP contribution in [0.15, 0.2) is 23.6 Å². The number of fused-ring (bicyclic) bond motifs is 1. The topological polar surface area (TPSA) is 12.0 Å². The molecule has 0 saturated carbocycles. The summed E-state index contributed by atoms with van der Waals surface area (Å²) in [5.74, 6) is 0. The van der Waals surface area contributed by atoms with E-state index in [4.69, 9.17) is 11.6 Å². The number of thiophene rings is 1. The van der Waals surface area contributed by atoms with Gasteiger partial charge in [0.1, 0.15) is 0 Å². The molecule has 2 rings (SSSR count). The van der Waals surface area contributed by atoms with Crippen molar-refractivity contribution in [1.82, 2.24) is 5.32 Å². The second-order valence-electron chi connectivity index (χ2n) is 3.16. The zero-order valence-electron chi connectivity index (χ0n) is 8.01. The van der Waals surface area contributed by atoms with Crippen LogP contribution in [-0.2, 0) is 6.54 Å². The summed E-state index contributed by atoms with van der Waals surface area (Å²) in [6.45, 7) is 4.04. The van der Waals surface area contributed by atoms with Crippen molar-refractivity contribution in [3.05, 3.63) is 34.2 Å². The highest BCUT2D eigenvalue weighted by molar-refractivity contribution is 7.18. The number of nitrogens with one attached hydrogen (secondary N) is 1. The van der Waals surface area contributed by atoms with Crippen LogP contribution in [0.3, 0.4) is 0 Å². The van der Waals surface area contributed by atoms with Gasteiger partial charge < -0.3 is 5.32 Å². The lowest BCUT2D eigenvalue weighted by Gasteiger charge is -2.00. The summed E-state index contributed by atoms with van der Waals surface area (Å²) in [6, 6.07) is 6.08. The fourth-order valence-corrected chi connectivity index (χ4v) is 2.76. The van der Waals surface area contributed by atoms with Crippen LogP contribution < -0.4 is 5.32 Å². The molecule has 3 heteroatoms. The molecule has 1 nitrogen and oxygen atoms in total. The van der Waals surface area contributed by atoms with Crippen molar-refractivity contribution in [3.63, 3.8) is 0 Å². The van der Waals surface area contributed by atoms with E-state index in [0.717, 1.165) is 18.1 Å².